The highest BCUT2D eigenvalue weighted by Crippen LogP contribution is 2.28. The Morgan fingerprint density at radius 2 is 0.924 bits per heavy atom. The average Bonchev–Trinajstić information content (AvgIpc) is 3.30. The molecule has 0 aromatic heterocycles. The number of halogens is 4. The number of aryl methyl sites for hydroxylation is 1. The van der Waals surface area contributed by atoms with E-state index in [2.05, 4.69) is 57.7 Å². The zero-order chi connectivity index (χ0) is 50.0. The first-order valence-corrected chi connectivity index (χ1v) is 19.1. The number of esters is 6. The first kappa shape index (κ1) is 56.9. The predicted octanol–water partition coefficient (Wildman–Crippen LogP) is 4.93. The minimum Gasteiger partial charge on any atom is -0.462 e. The molecule has 1 rings (SSSR count). The SMILES string of the molecule is C=CC(=O)OCC(COCC(COC(=O)C=C)(COC(=O)C=C)COC(=O)Nc1ccc(C)c(NC(=O)OCC(F)(F)OCC(F)(F)COC(=O)CC)c1)(COC(=O)C=C)COC(=O)C=C. The molecule has 0 spiro atoms. The molecule has 0 atom stereocenters. The number of amides is 2. The second-order valence-corrected chi connectivity index (χ2v) is 13.8. The van der Waals surface area contributed by atoms with E-state index < -0.39 is 144 Å². The van der Waals surface area contributed by atoms with Crippen LogP contribution in [0.25, 0.3) is 0 Å². The van der Waals surface area contributed by atoms with Crippen molar-refractivity contribution in [3.05, 3.63) is 87.0 Å². The van der Waals surface area contributed by atoms with Crippen LogP contribution in [0.4, 0.5) is 38.5 Å². The zero-order valence-electron chi connectivity index (χ0n) is 36.0. The second-order valence-electron chi connectivity index (χ2n) is 13.8. The van der Waals surface area contributed by atoms with Crippen molar-refractivity contribution in [2.75, 3.05) is 83.3 Å². The number of alkyl halides is 4. The highest BCUT2D eigenvalue weighted by Gasteiger charge is 2.42. The van der Waals surface area contributed by atoms with Crippen LogP contribution in [0.2, 0.25) is 0 Å². The topological polar surface area (TPSA) is 253 Å². The van der Waals surface area contributed by atoms with Crippen molar-refractivity contribution in [1.29, 1.82) is 0 Å². The molecule has 364 valence electrons. The minimum absolute atomic E-state index is 0.0689. The number of hydrogen-bond acceptors (Lipinski definition) is 18. The van der Waals surface area contributed by atoms with Crippen molar-refractivity contribution in [3.8, 4) is 0 Å². The first-order valence-electron chi connectivity index (χ1n) is 19.1. The lowest BCUT2D eigenvalue weighted by molar-refractivity contribution is -0.283. The summed E-state index contributed by atoms with van der Waals surface area (Å²) in [6.45, 7) is 8.98. The largest absolute Gasteiger partial charge is 0.462 e. The molecular weight excluding hydrogens is 896 g/mol. The van der Waals surface area contributed by atoms with Gasteiger partial charge in [-0.05, 0) is 24.6 Å². The Hall–Kier alpha value is -7.08. The second kappa shape index (κ2) is 28.0. The van der Waals surface area contributed by atoms with E-state index in [0.717, 1.165) is 36.4 Å². The van der Waals surface area contributed by atoms with Crippen molar-refractivity contribution in [3.63, 3.8) is 0 Å². The molecule has 0 bridgehead atoms. The van der Waals surface area contributed by atoms with E-state index in [9.17, 15) is 55.9 Å². The van der Waals surface area contributed by atoms with Gasteiger partial charge < -0.3 is 47.4 Å². The third kappa shape index (κ3) is 22.5. The maximum absolute atomic E-state index is 14.2. The van der Waals surface area contributed by atoms with Crippen molar-refractivity contribution >= 4 is 59.4 Å². The van der Waals surface area contributed by atoms with Gasteiger partial charge >= 0.3 is 60.0 Å². The molecule has 24 heteroatoms. The van der Waals surface area contributed by atoms with Crippen molar-refractivity contribution in [2.45, 2.75) is 32.3 Å². The van der Waals surface area contributed by atoms with Gasteiger partial charge in [-0.15, -0.1) is 0 Å². The normalized spacial score (nSPS) is 11.3. The molecule has 0 unspecified atom stereocenters. The predicted molar refractivity (Wildman–Crippen MR) is 220 cm³/mol. The van der Waals surface area contributed by atoms with E-state index in [0.29, 0.717) is 5.56 Å². The fourth-order valence-electron chi connectivity index (χ4n) is 4.49. The number of benzene rings is 1. The molecule has 0 saturated heterocycles. The van der Waals surface area contributed by atoms with E-state index in [1.165, 1.54) is 26.0 Å². The summed E-state index contributed by atoms with van der Waals surface area (Å²) in [4.78, 5) is 97.3. The number of rotatable bonds is 31. The van der Waals surface area contributed by atoms with Crippen LogP contribution >= 0.6 is 0 Å². The summed E-state index contributed by atoms with van der Waals surface area (Å²) < 4.78 is 106. The molecule has 2 N–H and O–H groups in total. The minimum atomic E-state index is -4.39. The third-order valence-electron chi connectivity index (χ3n) is 8.08. The molecule has 2 amide bonds. The molecular formula is C42H50F4N2O18. The highest BCUT2D eigenvalue weighted by atomic mass is 19.3. The van der Waals surface area contributed by atoms with Crippen molar-refractivity contribution in [2.24, 2.45) is 10.8 Å². The van der Waals surface area contributed by atoms with Gasteiger partial charge in [-0.2, -0.15) is 8.78 Å². The van der Waals surface area contributed by atoms with Crippen LogP contribution in [0.1, 0.15) is 18.9 Å². The van der Waals surface area contributed by atoms with E-state index >= 15 is 0 Å². The fraction of sp³-hybridized carbons (Fsp3) is 0.429. The van der Waals surface area contributed by atoms with Crippen LogP contribution in [0.3, 0.4) is 0 Å². The summed E-state index contributed by atoms with van der Waals surface area (Å²) in [7, 11) is 0. The average molecular weight is 947 g/mol. The fourth-order valence-corrected chi connectivity index (χ4v) is 4.49. The van der Waals surface area contributed by atoms with Crippen LogP contribution in [0.5, 0.6) is 0 Å². The Bertz CT molecular complexity index is 1860. The number of ether oxygens (including phenoxy) is 10. The number of nitrogens with one attached hydrogen (secondary N) is 2. The lowest BCUT2D eigenvalue weighted by atomic mass is 9.90. The summed E-state index contributed by atoms with van der Waals surface area (Å²) in [6, 6.07) is 3.85. The summed E-state index contributed by atoms with van der Waals surface area (Å²) in [6.07, 6.45) is -3.25. The lowest BCUT2D eigenvalue weighted by Crippen LogP contribution is -2.47. The van der Waals surface area contributed by atoms with Crippen molar-refractivity contribution in [1.82, 2.24) is 0 Å². The summed E-state index contributed by atoms with van der Waals surface area (Å²) in [5.74, 6) is -9.70. The highest BCUT2D eigenvalue weighted by molar-refractivity contribution is 5.90. The third-order valence-corrected chi connectivity index (χ3v) is 8.08. The van der Waals surface area contributed by atoms with E-state index in [1.807, 2.05) is 0 Å². The van der Waals surface area contributed by atoms with Gasteiger partial charge in [0.1, 0.15) is 46.2 Å². The van der Waals surface area contributed by atoms with Crippen molar-refractivity contribution < 1.29 is 103 Å². The van der Waals surface area contributed by atoms with Crippen LogP contribution in [-0.2, 0) is 76.1 Å². The standard InChI is InChI=1S/C42H50F4N2O18/c1-8-31(49)58-19-39(20-59-32(50)9-2,21-60-33(51)10-3)17-57-18-40(22-61-34(52)11-4,23-62-35(53)12-5)24-64-37(55)47-29-15-14-28(7)30(16-29)48-38(56)65-27-42(45,46)66-26-41(43,44)25-63-36(54)13-6/h8-12,14-16H,1-5,13,17-27H2,6-7H3,(H,47,55)(H,48,56). The smallest absolute Gasteiger partial charge is 0.411 e. The molecule has 0 aliphatic rings. The maximum Gasteiger partial charge on any atom is 0.411 e. The first-order chi connectivity index (χ1) is 31.0. The van der Waals surface area contributed by atoms with Gasteiger partial charge in [0.05, 0.1) is 24.0 Å². The Kier molecular flexibility index (Phi) is 24.1. The van der Waals surface area contributed by atoms with Crippen LogP contribution in [0, 0.1) is 17.8 Å². The summed E-state index contributed by atoms with van der Waals surface area (Å²) >= 11 is 0. The van der Waals surface area contributed by atoms with Gasteiger partial charge in [-0.25, -0.2) is 42.3 Å². The monoisotopic (exact) mass is 946 g/mol. The molecule has 0 heterocycles. The Morgan fingerprint density at radius 3 is 1.33 bits per heavy atom. The molecule has 20 nitrogen and oxygen atoms in total. The van der Waals surface area contributed by atoms with Gasteiger partial charge in [0, 0.05) is 48.2 Å². The van der Waals surface area contributed by atoms with Gasteiger partial charge in [-0.3, -0.25) is 15.4 Å². The molecule has 0 aliphatic heterocycles. The lowest BCUT2D eigenvalue weighted by Gasteiger charge is -2.35. The number of carbonyl (C=O) groups is 8. The molecule has 0 radical (unpaired) electrons. The van der Waals surface area contributed by atoms with Crippen LogP contribution in [0.15, 0.2) is 81.5 Å². The summed E-state index contributed by atoms with van der Waals surface area (Å²) in [5.41, 5.74) is -3.28. The molecule has 0 aliphatic carbocycles. The Labute approximate surface area is 375 Å². The van der Waals surface area contributed by atoms with Gasteiger partial charge in [0.25, 0.3) is 0 Å². The Balaban J connectivity index is 3.31. The van der Waals surface area contributed by atoms with E-state index in [-0.39, 0.29) is 17.8 Å². The van der Waals surface area contributed by atoms with E-state index in [4.69, 9.17) is 33.2 Å². The number of hydrogen-bond donors (Lipinski definition) is 2. The summed E-state index contributed by atoms with van der Waals surface area (Å²) in [5, 5.41) is 4.49. The molecule has 66 heavy (non-hydrogen) atoms. The molecule has 0 fully saturated rings. The zero-order valence-corrected chi connectivity index (χ0v) is 36.0. The quantitative estimate of drug-likeness (QED) is 0.0433. The number of anilines is 2. The number of carbonyl (C=O) groups excluding carboxylic acids is 8. The van der Waals surface area contributed by atoms with E-state index in [1.54, 1.807) is 0 Å². The molecule has 1 aromatic rings. The van der Waals surface area contributed by atoms with Gasteiger partial charge in [-0.1, -0.05) is 45.9 Å². The van der Waals surface area contributed by atoms with Gasteiger partial charge in [0.15, 0.2) is 13.2 Å². The van der Waals surface area contributed by atoms with Crippen LogP contribution < -0.4 is 10.6 Å². The van der Waals surface area contributed by atoms with Crippen LogP contribution in [-0.4, -0.2) is 133 Å². The Morgan fingerprint density at radius 1 is 0.530 bits per heavy atom. The molecule has 1 aromatic carbocycles. The maximum atomic E-state index is 14.2. The van der Waals surface area contributed by atoms with Gasteiger partial charge in [0.2, 0.25) is 0 Å². The molecule has 0 saturated carbocycles.